The fourth-order valence-electron chi connectivity index (χ4n) is 2.05. The van der Waals surface area contributed by atoms with Gasteiger partial charge in [-0.25, -0.2) is 0 Å². The Balaban J connectivity index is 2.14. The van der Waals surface area contributed by atoms with Crippen LogP contribution in [-0.4, -0.2) is 9.78 Å². The Morgan fingerprint density at radius 2 is 1.89 bits per heavy atom. The van der Waals surface area contributed by atoms with Crippen LogP contribution in [0.5, 0.6) is 5.75 Å². The zero-order valence-electron chi connectivity index (χ0n) is 11.5. The van der Waals surface area contributed by atoms with Gasteiger partial charge in [0.1, 0.15) is 12.4 Å². The SMILES string of the molecule is CCc1cc(COc2c(C)cccc2C)n(C)n1. The average Bonchev–Trinajstić information content (AvgIpc) is 2.70. The second-order valence-corrected chi connectivity index (χ2v) is 4.61. The quantitative estimate of drug-likeness (QED) is 0.826. The van der Waals surface area contributed by atoms with Crippen LogP contribution in [0.3, 0.4) is 0 Å². The van der Waals surface area contributed by atoms with Crippen molar-refractivity contribution in [1.29, 1.82) is 0 Å². The van der Waals surface area contributed by atoms with E-state index in [1.165, 1.54) is 11.1 Å². The summed E-state index contributed by atoms with van der Waals surface area (Å²) >= 11 is 0. The molecule has 0 bridgehead atoms. The molecule has 1 aromatic carbocycles. The Kier molecular flexibility index (Phi) is 3.70. The highest BCUT2D eigenvalue weighted by Crippen LogP contribution is 2.23. The maximum atomic E-state index is 5.93. The smallest absolute Gasteiger partial charge is 0.130 e. The summed E-state index contributed by atoms with van der Waals surface area (Å²) < 4.78 is 7.83. The van der Waals surface area contributed by atoms with E-state index in [1.54, 1.807) is 0 Å². The lowest BCUT2D eigenvalue weighted by Crippen LogP contribution is -2.04. The van der Waals surface area contributed by atoms with Gasteiger partial charge in [0.2, 0.25) is 0 Å². The van der Waals surface area contributed by atoms with Gasteiger partial charge >= 0.3 is 0 Å². The predicted molar refractivity (Wildman–Crippen MR) is 72.8 cm³/mol. The summed E-state index contributed by atoms with van der Waals surface area (Å²) in [7, 11) is 1.96. The molecule has 3 heteroatoms. The topological polar surface area (TPSA) is 27.1 Å². The van der Waals surface area contributed by atoms with Crippen molar-refractivity contribution in [3.05, 3.63) is 46.8 Å². The van der Waals surface area contributed by atoms with Crippen molar-refractivity contribution in [3.63, 3.8) is 0 Å². The zero-order valence-corrected chi connectivity index (χ0v) is 11.5. The van der Waals surface area contributed by atoms with Crippen LogP contribution in [0.1, 0.15) is 29.4 Å². The third kappa shape index (κ3) is 2.55. The van der Waals surface area contributed by atoms with Gasteiger partial charge in [-0.15, -0.1) is 0 Å². The Morgan fingerprint density at radius 1 is 1.22 bits per heavy atom. The van der Waals surface area contributed by atoms with E-state index in [-0.39, 0.29) is 0 Å². The summed E-state index contributed by atoms with van der Waals surface area (Å²) in [4.78, 5) is 0. The molecule has 2 rings (SSSR count). The lowest BCUT2D eigenvalue weighted by Gasteiger charge is -2.11. The fraction of sp³-hybridized carbons (Fsp3) is 0.400. The highest BCUT2D eigenvalue weighted by molar-refractivity contribution is 5.39. The lowest BCUT2D eigenvalue weighted by atomic mass is 10.1. The number of para-hydroxylation sites is 1. The Morgan fingerprint density at radius 3 is 2.44 bits per heavy atom. The number of aryl methyl sites for hydroxylation is 4. The van der Waals surface area contributed by atoms with Crippen LogP contribution in [0.25, 0.3) is 0 Å². The van der Waals surface area contributed by atoms with Crippen molar-refractivity contribution < 1.29 is 4.74 Å². The number of benzene rings is 1. The first-order valence-electron chi connectivity index (χ1n) is 6.32. The molecule has 0 saturated heterocycles. The van der Waals surface area contributed by atoms with Crippen molar-refractivity contribution in [1.82, 2.24) is 9.78 Å². The summed E-state index contributed by atoms with van der Waals surface area (Å²) in [6, 6.07) is 8.30. The molecule has 0 fully saturated rings. The van der Waals surface area contributed by atoms with Gasteiger partial charge in [-0.2, -0.15) is 5.10 Å². The minimum absolute atomic E-state index is 0.565. The molecule has 96 valence electrons. The Hall–Kier alpha value is -1.77. The summed E-state index contributed by atoms with van der Waals surface area (Å²) in [6.07, 6.45) is 0.956. The van der Waals surface area contributed by atoms with Crippen LogP contribution in [0, 0.1) is 13.8 Å². The highest BCUT2D eigenvalue weighted by Gasteiger charge is 2.07. The molecule has 3 nitrogen and oxygen atoms in total. The van der Waals surface area contributed by atoms with Gasteiger partial charge in [0.05, 0.1) is 11.4 Å². The van der Waals surface area contributed by atoms with E-state index in [1.807, 2.05) is 11.7 Å². The monoisotopic (exact) mass is 244 g/mol. The molecule has 0 unspecified atom stereocenters. The number of hydrogen-bond acceptors (Lipinski definition) is 2. The van der Waals surface area contributed by atoms with Crippen molar-refractivity contribution in [3.8, 4) is 5.75 Å². The number of nitrogens with zero attached hydrogens (tertiary/aromatic N) is 2. The van der Waals surface area contributed by atoms with Crippen molar-refractivity contribution >= 4 is 0 Å². The average molecular weight is 244 g/mol. The fourth-order valence-corrected chi connectivity index (χ4v) is 2.05. The van der Waals surface area contributed by atoms with Gasteiger partial charge in [-0.05, 0) is 37.5 Å². The maximum absolute atomic E-state index is 5.93. The van der Waals surface area contributed by atoms with Gasteiger partial charge in [-0.3, -0.25) is 4.68 Å². The molecular weight excluding hydrogens is 224 g/mol. The summed E-state index contributed by atoms with van der Waals surface area (Å²) in [6.45, 7) is 6.82. The van der Waals surface area contributed by atoms with E-state index >= 15 is 0 Å². The first-order chi connectivity index (χ1) is 8.61. The van der Waals surface area contributed by atoms with Gasteiger partial charge in [-0.1, -0.05) is 25.1 Å². The van der Waals surface area contributed by atoms with E-state index < -0.39 is 0 Å². The van der Waals surface area contributed by atoms with E-state index in [2.05, 4.69) is 50.1 Å². The van der Waals surface area contributed by atoms with Gasteiger partial charge in [0, 0.05) is 7.05 Å². The molecule has 2 aromatic rings. The molecule has 0 atom stereocenters. The standard InChI is InChI=1S/C15H20N2O/c1-5-13-9-14(17(4)16-13)10-18-15-11(2)7-6-8-12(15)3/h6-9H,5,10H2,1-4H3. The van der Waals surface area contributed by atoms with Crippen molar-refractivity contribution in [2.45, 2.75) is 33.8 Å². The number of aromatic nitrogens is 2. The third-order valence-electron chi connectivity index (χ3n) is 3.16. The van der Waals surface area contributed by atoms with Crippen LogP contribution >= 0.6 is 0 Å². The minimum Gasteiger partial charge on any atom is -0.487 e. The summed E-state index contributed by atoms with van der Waals surface area (Å²) in [5, 5.41) is 4.42. The highest BCUT2D eigenvalue weighted by atomic mass is 16.5. The molecule has 0 N–H and O–H groups in total. The molecule has 18 heavy (non-hydrogen) atoms. The molecule has 0 radical (unpaired) electrons. The number of hydrogen-bond donors (Lipinski definition) is 0. The van der Waals surface area contributed by atoms with Gasteiger partial charge in [0.25, 0.3) is 0 Å². The summed E-state index contributed by atoms with van der Waals surface area (Å²) in [5.41, 5.74) is 4.56. The van der Waals surface area contributed by atoms with Gasteiger partial charge < -0.3 is 4.74 Å². The summed E-state index contributed by atoms with van der Waals surface area (Å²) in [5.74, 6) is 0.983. The molecule has 0 aliphatic rings. The van der Waals surface area contributed by atoms with E-state index in [0.717, 1.165) is 23.6 Å². The first kappa shape index (κ1) is 12.7. The first-order valence-corrected chi connectivity index (χ1v) is 6.32. The second-order valence-electron chi connectivity index (χ2n) is 4.61. The van der Waals surface area contributed by atoms with Crippen LogP contribution in [-0.2, 0) is 20.1 Å². The molecule has 1 aromatic heterocycles. The van der Waals surface area contributed by atoms with Gasteiger partial charge in [0.15, 0.2) is 0 Å². The van der Waals surface area contributed by atoms with E-state index in [0.29, 0.717) is 6.61 Å². The second kappa shape index (κ2) is 5.25. The van der Waals surface area contributed by atoms with Crippen LogP contribution in [0.2, 0.25) is 0 Å². The molecule has 0 aliphatic carbocycles. The molecule has 0 spiro atoms. The molecule has 1 heterocycles. The number of rotatable bonds is 4. The van der Waals surface area contributed by atoms with Crippen molar-refractivity contribution in [2.75, 3.05) is 0 Å². The Bertz CT molecular complexity index is 523. The predicted octanol–water partition coefficient (Wildman–Crippen LogP) is 3.18. The van der Waals surface area contributed by atoms with Crippen LogP contribution in [0.15, 0.2) is 24.3 Å². The largest absolute Gasteiger partial charge is 0.487 e. The normalized spacial score (nSPS) is 10.7. The van der Waals surface area contributed by atoms with E-state index in [4.69, 9.17) is 4.74 Å². The molecular formula is C15H20N2O. The molecule has 0 amide bonds. The third-order valence-corrected chi connectivity index (χ3v) is 3.16. The lowest BCUT2D eigenvalue weighted by molar-refractivity contribution is 0.291. The maximum Gasteiger partial charge on any atom is 0.130 e. The molecule has 0 aliphatic heterocycles. The van der Waals surface area contributed by atoms with Crippen molar-refractivity contribution in [2.24, 2.45) is 7.05 Å². The Labute approximate surface area is 108 Å². The van der Waals surface area contributed by atoms with Crippen LogP contribution < -0.4 is 4.74 Å². The zero-order chi connectivity index (χ0) is 13.1. The minimum atomic E-state index is 0.565. The van der Waals surface area contributed by atoms with E-state index in [9.17, 15) is 0 Å². The molecule has 0 saturated carbocycles. The van der Waals surface area contributed by atoms with Crippen LogP contribution in [0.4, 0.5) is 0 Å². The number of ether oxygens (including phenoxy) is 1.